The van der Waals surface area contributed by atoms with Crippen molar-refractivity contribution in [1.82, 2.24) is 4.90 Å². The van der Waals surface area contributed by atoms with Gasteiger partial charge in [-0.2, -0.15) is 0 Å². The molecule has 0 bridgehead atoms. The number of nitrogens with one attached hydrogen (secondary N) is 1. The van der Waals surface area contributed by atoms with Gasteiger partial charge in [0.25, 0.3) is 17.6 Å². The Kier molecular flexibility index (Phi) is 8.58. The first-order chi connectivity index (χ1) is 18.7. The van der Waals surface area contributed by atoms with Gasteiger partial charge in [-0.25, -0.2) is 0 Å². The SMILES string of the molecule is CCCOc1ccc(C(=O)C(=O)Nc2cc(C(C)(C)C)cc(C(=O)N3CCCCC3)c2OC)c2ccccc12. The van der Waals surface area contributed by atoms with Gasteiger partial charge in [0.2, 0.25) is 0 Å². The van der Waals surface area contributed by atoms with Gasteiger partial charge in [-0.1, -0.05) is 52.0 Å². The molecular formula is C32H38N2O5. The molecule has 0 atom stereocenters. The van der Waals surface area contributed by atoms with Crippen LogP contribution in [-0.4, -0.2) is 49.3 Å². The number of fused-ring (bicyclic) bond motifs is 1. The summed E-state index contributed by atoms with van der Waals surface area (Å²) in [6.07, 6.45) is 3.88. The van der Waals surface area contributed by atoms with Crippen LogP contribution in [0.4, 0.5) is 5.69 Å². The Morgan fingerprint density at radius 3 is 2.26 bits per heavy atom. The molecule has 0 unspecified atom stereocenters. The molecule has 0 aromatic heterocycles. The second kappa shape index (κ2) is 11.9. The predicted molar refractivity (Wildman–Crippen MR) is 154 cm³/mol. The number of rotatable bonds is 8. The third-order valence-corrected chi connectivity index (χ3v) is 7.08. The lowest BCUT2D eigenvalue weighted by Gasteiger charge is -2.29. The first-order valence-corrected chi connectivity index (χ1v) is 13.7. The van der Waals surface area contributed by atoms with Crippen LogP contribution in [0.25, 0.3) is 10.8 Å². The van der Waals surface area contributed by atoms with Crippen molar-refractivity contribution < 1.29 is 23.9 Å². The molecular weight excluding hydrogens is 492 g/mol. The minimum absolute atomic E-state index is 0.131. The molecule has 3 aromatic rings. The maximum absolute atomic E-state index is 13.6. The molecule has 1 aliphatic rings. The molecule has 39 heavy (non-hydrogen) atoms. The molecule has 1 N–H and O–H groups in total. The van der Waals surface area contributed by atoms with Crippen molar-refractivity contribution in [1.29, 1.82) is 0 Å². The summed E-state index contributed by atoms with van der Waals surface area (Å²) >= 11 is 0. The van der Waals surface area contributed by atoms with Crippen LogP contribution >= 0.6 is 0 Å². The third kappa shape index (κ3) is 6.08. The van der Waals surface area contributed by atoms with Crippen LogP contribution in [0.3, 0.4) is 0 Å². The Morgan fingerprint density at radius 2 is 1.62 bits per heavy atom. The number of methoxy groups -OCH3 is 1. The van der Waals surface area contributed by atoms with E-state index < -0.39 is 11.7 Å². The summed E-state index contributed by atoms with van der Waals surface area (Å²) in [7, 11) is 1.47. The number of carbonyl (C=O) groups excluding carboxylic acids is 3. The Morgan fingerprint density at radius 1 is 0.923 bits per heavy atom. The average Bonchev–Trinajstić information content (AvgIpc) is 2.94. The Balaban J connectivity index is 1.71. The minimum atomic E-state index is -0.803. The minimum Gasteiger partial charge on any atom is -0.494 e. The number of nitrogens with zero attached hydrogens (tertiary/aromatic N) is 1. The lowest BCUT2D eigenvalue weighted by atomic mass is 9.85. The van der Waals surface area contributed by atoms with Gasteiger partial charge in [0, 0.05) is 24.0 Å². The maximum Gasteiger partial charge on any atom is 0.296 e. The molecule has 0 spiro atoms. The molecule has 1 saturated heterocycles. The summed E-state index contributed by atoms with van der Waals surface area (Å²) in [5, 5.41) is 4.18. The molecule has 1 heterocycles. The van der Waals surface area contributed by atoms with Gasteiger partial charge in [0.1, 0.15) is 5.75 Å². The number of amides is 2. The van der Waals surface area contributed by atoms with E-state index in [1.165, 1.54) is 7.11 Å². The summed E-state index contributed by atoms with van der Waals surface area (Å²) in [4.78, 5) is 42.2. The van der Waals surface area contributed by atoms with E-state index in [2.05, 4.69) is 5.32 Å². The number of anilines is 1. The molecule has 7 nitrogen and oxygen atoms in total. The number of benzene rings is 3. The van der Waals surface area contributed by atoms with Crippen LogP contribution in [0.5, 0.6) is 11.5 Å². The summed E-state index contributed by atoms with van der Waals surface area (Å²) in [5.74, 6) is -0.686. The molecule has 3 aromatic carbocycles. The summed E-state index contributed by atoms with van der Waals surface area (Å²) < 4.78 is 11.5. The van der Waals surface area contributed by atoms with E-state index in [0.717, 1.165) is 36.6 Å². The highest BCUT2D eigenvalue weighted by Crippen LogP contribution is 2.37. The quantitative estimate of drug-likeness (QED) is 0.270. The molecule has 1 fully saturated rings. The zero-order valence-electron chi connectivity index (χ0n) is 23.6. The van der Waals surface area contributed by atoms with Crippen LogP contribution in [0, 0.1) is 0 Å². The highest BCUT2D eigenvalue weighted by atomic mass is 16.5. The molecule has 0 aliphatic carbocycles. The van der Waals surface area contributed by atoms with E-state index in [-0.39, 0.29) is 22.6 Å². The first-order valence-electron chi connectivity index (χ1n) is 13.7. The average molecular weight is 531 g/mol. The Hall–Kier alpha value is -3.87. The zero-order chi connectivity index (χ0) is 28.2. The molecule has 206 valence electrons. The second-order valence-electron chi connectivity index (χ2n) is 11.0. The van der Waals surface area contributed by atoms with Crippen LogP contribution in [-0.2, 0) is 10.2 Å². The lowest BCUT2D eigenvalue weighted by molar-refractivity contribution is -0.112. The first kappa shape index (κ1) is 28.1. The number of Topliss-reactive ketones (excluding diaryl/α,β-unsaturated/α-hetero) is 1. The van der Waals surface area contributed by atoms with Gasteiger partial charge in [-0.05, 0) is 66.3 Å². The van der Waals surface area contributed by atoms with Crippen molar-refractivity contribution in [2.75, 3.05) is 32.1 Å². The smallest absolute Gasteiger partial charge is 0.296 e. The van der Waals surface area contributed by atoms with Crippen LogP contribution < -0.4 is 14.8 Å². The number of hydrogen-bond acceptors (Lipinski definition) is 5. The van der Waals surface area contributed by atoms with Crippen LogP contribution in [0.2, 0.25) is 0 Å². The molecule has 1 aliphatic heterocycles. The van der Waals surface area contributed by atoms with E-state index >= 15 is 0 Å². The monoisotopic (exact) mass is 530 g/mol. The van der Waals surface area contributed by atoms with Gasteiger partial charge in [0.05, 0.1) is 25.0 Å². The Bertz CT molecular complexity index is 1380. The standard InChI is InChI=1S/C32H38N2O5/c1-6-18-39-27-15-14-24(22-12-8-9-13-23(22)27)28(35)30(36)33-26-20-21(32(2,3)4)19-25(29(26)38-5)31(37)34-16-10-7-11-17-34/h8-9,12-15,19-20H,6-7,10-11,16-18H2,1-5H3,(H,33,36). The van der Waals surface area contributed by atoms with Crippen molar-refractivity contribution in [2.24, 2.45) is 0 Å². The van der Waals surface area contributed by atoms with Gasteiger partial charge in [-0.15, -0.1) is 0 Å². The molecule has 4 rings (SSSR count). The number of ether oxygens (including phenoxy) is 2. The normalized spacial score (nSPS) is 13.7. The van der Waals surface area contributed by atoms with Gasteiger partial charge in [0.15, 0.2) is 5.75 Å². The number of likely N-dealkylation sites (tertiary alicyclic amines) is 1. The summed E-state index contributed by atoms with van der Waals surface area (Å²) in [6, 6.07) is 14.4. The van der Waals surface area contributed by atoms with Crippen molar-refractivity contribution in [3.05, 3.63) is 65.2 Å². The van der Waals surface area contributed by atoms with E-state index in [1.54, 1.807) is 18.2 Å². The third-order valence-electron chi connectivity index (χ3n) is 7.08. The molecule has 0 radical (unpaired) electrons. The fraction of sp³-hybridized carbons (Fsp3) is 0.406. The summed E-state index contributed by atoms with van der Waals surface area (Å²) in [6.45, 7) is 10.1. The lowest BCUT2D eigenvalue weighted by Crippen LogP contribution is -2.36. The zero-order valence-corrected chi connectivity index (χ0v) is 23.6. The van der Waals surface area contributed by atoms with Gasteiger partial charge >= 0.3 is 0 Å². The number of carbonyl (C=O) groups is 3. The fourth-order valence-corrected chi connectivity index (χ4v) is 4.91. The maximum atomic E-state index is 13.6. The van der Waals surface area contributed by atoms with E-state index in [4.69, 9.17) is 9.47 Å². The van der Waals surface area contributed by atoms with Crippen molar-refractivity contribution >= 4 is 34.1 Å². The molecule has 2 amide bonds. The largest absolute Gasteiger partial charge is 0.494 e. The molecule has 7 heteroatoms. The number of hydrogen-bond donors (Lipinski definition) is 1. The van der Waals surface area contributed by atoms with Gasteiger partial charge in [-0.3, -0.25) is 14.4 Å². The van der Waals surface area contributed by atoms with E-state index in [0.29, 0.717) is 42.1 Å². The fourth-order valence-electron chi connectivity index (χ4n) is 4.91. The number of ketones is 1. The van der Waals surface area contributed by atoms with Crippen molar-refractivity contribution in [3.8, 4) is 11.5 Å². The predicted octanol–water partition coefficient (Wildman–Crippen LogP) is 6.38. The van der Waals surface area contributed by atoms with Crippen LogP contribution in [0.15, 0.2) is 48.5 Å². The van der Waals surface area contributed by atoms with E-state index in [1.807, 2.05) is 62.9 Å². The van der Waals surface area contributed by atoms with Crippen molar-refractivity contribution in [2.45, 2.75) is 58.8 Å². The highest BCUT2D eigenvalue weighted by Gasteiger charge is 2.29. The number of piperidine rings is 1. The van der Waals surface area contributed by atoms with Crippen LogP contribution in [0.1, 0.15) is 79.7 Å². The summed E-state index contributed by atoms with van der Waals surface area (Å²) in [5.41, 5.74) is 1.52. The Labute approximate surface area is 230 Å². The van der Waals surface area contributed by atoms with Crippen molar-refractivity contribution in [3.63, 3.8) is 0 Å². The highest BCUT2D eigenvalue weighted by molar-refractivity contribution is 6.48. The topological polar surface area (TPSA) is 84.9 Å². The molecule has 0 saturated carbocycles. The van der Waals surface area contributed by atoms with E-state index in [9.17, 15) is 14.4 Å². The second-order valence-corrected chi connectivity index (χ2v) is 11.0. The van der Waals surface area contributed by atoms with Gasteiger partial charge < -0.3 is 19.7 Å².